The van der Waals surface area contributed by atoms with Crippen molar-refractivity contribution in [1.82, 2.24) is 5.32 Å². The highest BCUT2D eigenvalue weighted by Gasteiger charge is 2.37. The Labute approximate surface area is 144 Å². The van der Waals surface area contributed by atoms with Gasteiger partial charge in [0.15, 0.2) is 0 Å². The molecule has 5 nitrogen and oxygen atoms in total. The molecule has 3 rings (SSSR count). The van der Waals surface area contributed by atoms with Crippen LogP contribution in [0.15, 0.2) is 24.3 Å². The molecular weight excluding hydrogens is 306 g/mol. The molecule has 0 amide bonds. The van der Waals surface area contributed by atoms with E-state index in [2.05, 4.69) is 5.32 Å². The van der Waals surface area contributed by atoms with Crippen LogP contribution in [-0.4, -0.2) is 54.3 Å². The molecule has 1 aromatic carbocycles. The lowest BCUT2D eigenvalue weighted by molar-refractivity contribution is -0.0625. The molecule has 3 atom stereocenters. The third-order valence-corrected chi connectivity index (χ3v) is 5.28. The van der Waals surface area contributed by atoms with Crippen LogP contribution in [0.2, 0.25) is 0 Å². The van der Waals surface area contributed by atoms with E-state index in [9.17, 15) is 10.2 Å². The summed E-state index contributed by atoms with van der Waals surface area (Å²) in [5, 5.41) is 24.3. The Kier molecular flexibility index (Phi) is 5.76. The van der Waals surface area contributed by atoms with Crippen molar-refractivity contribution in [3.05, 3.63) is 29.8 Å². The zero-order chi connectivity index (χ0) is 17.0. The Morgan fingerprint density at radius 1 is 1.21 bits per heavy atom. The second-order valence-corrected chi connectivity index (χ2v) is 7.26. The monoisotopic (exact) mass is 335 g/mol. The van der Waals surface area contributed by atoms with E-state index in [1.807, 2.05) is 31.2 Å². The van der Waals surface area contributed by atoms with Crippen LogP contribution in [0.25, 0.3) is 0 Å². The second-order valence-electron chi connectivity index (χ2n) is 7.26. The van der Waals surface area contributed by atoms with Gasteiger partial charge in [-0.05, 0) is 31.9 Å². The minimum Gasteiger partial charge on any atom is -0.488 e. The summed E-state index contributed by atoms with van der Waals surface area (Å²) in [6, 6.07) is 7.94. The minimum atomic E-state index is -0.667. The molecule has 24 heavy (non-hydrogen) atoms. The quantitative estimate of drug-likeness (QED) is 0.737. The Bertz CT molecular complexity index is 513. The van der Waals surface area contributed by atoms with Gasteiger partial charge < -0.3 is 25.0 Å². The highest BCUT2D eigenvalue weighted by Crippen LogP contribution is 2.30. The first-order valence-corrected chi connectivity index (χ1v) is 8.98. The third-order valence-electron chi connectivity index (χ3n) is 5.28. The summed E-state index contributed by atoms with van der Waals surface area (Å²) < 4.78 is 11.2. The van der Waals surface area contributed by atoms with E-state index in [1.165, 1.54) is 5.56 Å². The minimum absolute atomic E-state index is 0.148. The molecule has 1 saturated heterocycles. The molecule has 5 heteroatoms. The van der Waals surface area contributed by atoms with Crippen LogP contribution in [0.4, 0.5) is 0 Å². The molecule has 0 spiro atoms. The molecule has 134 valence electrons. The van der Waals surface area contributed by atoms with Crippen LogP contribution < -0.4 is 10.1 Å². The Morgan fingerprint density at radius 3 is 2.62 bits per heavy atom. The molecule has 3 N–H and O–H groups in total. The maximum Gasteiger partial charge on any atom is 0.125 e. The fraction of sp³-hybridized carbons (Fsp3) is 0.684. The van der Waals surface area contributed by atoms with E-state index in [4.69, 9.17) is 9.47 Å². The normalized spacial score (nSPS) is 29.5. The lowest BCUT2D eigenvalue weighted by Gasteiger charge is -2.32. The summed E-state index contributed by atoms with van der Waals surface area (Å²) in [4.78, 5) is 0. The van der Waals surface area contributed by atoms with E-state index in [0.29, 0.717) is 39.1 Å². The molecule has 1 aliphatic carbocycles. The lowest BCUT2D eigenvalue weighted by atomic mass is 9.94. The number of hydrogen-bond donors (Lipinski definition) is 3. The summed E-state index contributed by atoms with van der Waals surface area (Å²) in [6.45, 7) is 4.55. The summed E-state index contributed by atoms with van der Waals surface area (Å²) in [5.41, 5.74) is 0.530. The molecule has 0 radical (unpaired) electrons. The molecule has 1 aromatic rings. The highest BCUT2D eigenvalue weighted by atomic mass is 16.5. The van der Waals surface area contributed by atoms with Gasteiger partial charge in [-0.25, -0.2) is 0 Å². The van der Waals surface area contributed by atoms with Crippen molar-refractivity contribution in [3.8, 4) is 5.75 Å². The van der Waals surface area contributed by atoms with E-state index in [-0.39, 0.29) is 12.0 Å². The summed E-state index contributed by atoms with van der Waals surface area (Å²) in [7, 11) is 0. The van der Waals surface area contributed by atoms with Crippen LogP contribution in [0, 0.1) is 12.8 Å². The molecule has 1 heterocycles. The van der Waals surface area contributed by atoms with Crippen molar-refractivity contribution in [2.75, 3.05) is 26.3 Å². The maximum absolute atomic E-state index is 10.5. The van der Waals surface area contributed by atoms with Crippen molar-refractivity contribution in [3.63, 3.8) is 0 Å². The van der Waals surface area contributed by atoms with Crippen LogP contribution in [0.1, 0.15) is 31.2 Å². The van der Waals surface area contributed by atoms with Gasteiger partial charge in [-0.2, -0.15) is 0 Å². The Morgan fingerprint density at radius 2 is 1.92 bits per heavy atom. The average molecular weight is 335 g/mol. The summed E-state index contributed by atoms with van der Waals surface area (Å²) >= 11 is 0. The zero-order valence-corrected chi connectivity index (χ0v) is 14.4. The molecule has 1 aliphatic heterocycles. The van der Waals surface area contributed by atoms with E-state index >= 15 is 0 Å². The third kappa shape index (κ3) is 4.48. The van der Waals surface area contributed by atoms with Gasteiger partial charge in [-0.1, -0.05) is 17.7 Å². The highest BCUT2D eigenvalue weighted by molar-refractivity contribution is 5.26. The summed E-state index contributed by atoms with van der Waals surface area (Å²) in [5.74, 6) is 0.985. The molecule has 0 bridgehead atoms. The molecule has 0 aromatic heterocycles. The van der Waals surface area contributed by atoms with Gasteiger partial charge in [-0.15, -0.1) is 0 Å². The van der Waals surface area contributed by atoms with Crippen LogP contribution in [0.3, 0.4) is 0 Å². The zero-order valence-electron chi connectivity index (χ0n) is 14.4. The number of aliphatic hydroxyl groups excluding tert-OH is 1. The van der Waals surface area contributed by atoms with Crippen molar-refractivity contribution in [2.45, 2.75) is 50.4 Å². The van der Waals surface area contributed by atoms with Crippen molar-refractivity contribution in [2.24, 2.45) is 5.92 Å². The molecule has 2 aliphatic rings. The van der Waals surface area contributed by atoms with Crippen molar-refractivity contribution >= 4 is 0 Å². The first-order chi connectivity index (χ1) is 11.6. The number of benzene rings is 1. The lowest BCUT2D eigenvalue weighted by Crippen LogP contribution is -2.46. The van der Waals surface area contributed by atoms with E-state index < -0.39 is 11.7 Å². The summed E-state index contributed by atoms with van der Waals surface area (Å²) in [6.07, 6.45) is 2.53. The van der Waals surface area contributed by atoms with Crippen LogP contribution >= 0.6 is 0 Å². The molecular formula is C19H29NO4. The number of rotatable bonds is 6. The predicted octanol–water partition coefficient (Wildman–Crippen LogP) is 1.64. The van der Waals surface area contributed by atoms with Crippen LogP contribution in [0.5, 0.6) is 5.75 Å². The second kappa shape index (κ2) is 7.83. The Hall–Kier alpha value is -1.14. The maximum atomic E-state index is 10.5. The van der Waals surface area contributed by atoms with Gasteiger partial charge >= 0.3 is 0 Å². The average Bonchev–Trinajstić information content (AvgIpc) is 2.91. The number of hydrogen-bond acceptors (Lipinski definition) is 5. The van der Waals surface area contributed by atoms with Crippen molar-refractivity contribution < 1.29 is 19.7 Å². The van der Waals surface area contributed by atoms with Gasteiger partial charge in [0.2, 0.25) is 0 Å². The number of ether oxygens (including phenoxy) is 2. The van der Waals surface area contributed by atoms with Gasteiger partial charge in [0.1, 0.15) is 11.9 Å². The van der Waals surface area contributed by atoms with Crippen molar-refractivity contribution in [1.29, 1.82) is 0 Å². The SMILES string of the molecule is Cc1ccc(O[C@@H]2CC[C@H](CNCC3(O)CCOCC3)[C@H]2O)cc1. The number of aryl methyl sites for hydroxylation is 1. The topological polar surface area (TPSA) is 71.0 Å². The first kappa shape index (κ1) is 17.7. The van der Waals surface area contributed by atoms with E-state index in [1.54, 1.807) is 0 Å². The fourth-order valence-electron chi connectivity index (χ4n) is 3.58. The van der Waals surface area contributed by atoms with Gasteiger partial charge in [0.05, 0.1) is 11.7 Å². The first-order valence-electron chi connectivity index (χ1n) is 8.98. The van der Waals surface area contributed by atoms with Gasteiger partial charge in [-0.3, -0.25) is 0 Å². The van der Waals surface area contributed by atoms with Gasteiger partial charge in [0, 0.05) is 45.1 Å². The molecule has 0 unspecified atom stereocenters. The predicted molar refractivity (Wildman–Crippen MR) is 92.2 cm³/mol. The van der Waals surface area contributed by atoms with Gasteiger partial charge in [0.25, 0.3) is 0 Å². The smallest absolute Gasteiger partial charge is 0.125 e. The number of aliphatic hydroxyl groups is 2. The van der Waals surface area contributed by atoms with E-state index in [0.717, 1.165) is 18.6 Å². The number of nitrogens with one attached hydrogen (secondary N) is 1. The standard InChI is InChI=1S/C19H29NO4/c1-14-2-5-16(6-3-14)24-17-7-4-15(18(17)21)12-20-13-19(22)8-10-23-11-9-19/h2-3,5-6,15,17-18,20-22H,4,7-13H2,1H3/t15-,17-,18-/m1/s1. The Balaban J connectivity index is 1.43. The fourth-order valence-corrected chi connectivity index (χ4v) is 3.58. The molecule has 2 fully saturated rings. The molecule has 1 saturated carbocycles. The largest absolute Gasteiger partial charge is 0.488 e. The van der Waals surface area contributed by atoms with Crippen LogP contribution in [-0.2, 0) is 4.74 Å².